The van der Waals surface area contributed by atoms with E-state index in [9.17, 15) is 4.79 Å². The number of fused-ring (bicyclic) bond motifs is 9. The normalized spacial score (nSPS) is 51.3. The van der Waals surface area contributed by atoms with Crippen LogP contribution in [0, 0.1) is 35.5 Å². The quantitative estimate of drug-likeness (QED) is 0.442. The third-order valence-corrected chi connectivity index (χ3v) is 7.14. The highest BCUT2D eigenvalue weighted by molar-refractivity contribution is 5.87. The fourth-order valence-electron chi connectivity index (χ4n) is 6.56. The number of ether oxygens (including phenoxy) is 1. The van der Waals surface area contributed by atoms with E-state index < -0.39 is 0 Å². The van der Waals surface area contributed by atoms with Crippen molar-refractivity contribution in [3.05, 3.63) is 12.2 Å². The number of hydrogen-bond donors (Lipinski definition) is 0. The largest absolute Gasteiger partial charge is 0.455 e. The summed E-state index contributed by atoms with van der Waals surface area (Å²) in [5, 5.41) is 0. The van der Waals surface area contributed by atoms with E-state index in [0.717, 1.165) is 42.4 Å². The van der Waals surface area contributed by atoms with Crippen molar-refractivity contribution in [2.24, 2.45) is 35.5 Å². The molecular weight excluding hydrogens is 248 g/mol. The van der Waals surface area contributed by atoms with Crippen LogP contribution < -0.4 is 0 Å². The van der Waals surface area contributed by atoms with Crippen LogP contribution >= 0.6 is 0 Å². The van der Waals surface area contributed by atoms with E-state index in [4.69, 9.17) is 4.74 Å². The number of rotatable bonds is 3. The second kappa shape index (κ2) is 4.11. The van der Waals surface area contributed by atoms with Gasteiger partial charge in [0.05, 0.1) is 0 Å². The molecule has 0 aromatic heterocycles. The van der Waals surface area contributed by atoms with Crippen molar-refractivity contribution < 1.29 is 9.53 Å². The van der Waals surface area contributed by atoms with E-state index in [0.29, 0.717) is 11.5 Å². The molecule has 0 heterocycles. The molecule has 7 atom stereocenters. The molecule has 0 amide bonds. The molecule has 4 saturated carbocycles. The molecule has 4 aliphatic carbocycles. The molecule has 4 aliphatic rings. The second-order valence-corrected chi connectivity index (χ2v) is 7.88. The van der Waals surface area contributed by atoms with Gasteiger partial charge in [0.1, 0.15) is 5.60 Å². The van der Waals surface area contributed by atoms with Gasteiger partial charge in [0.25, 0.3) is 0 Å². The van der Waals surface area contributed by atoms with Gasteiger partial charge in [0.15, 0.2) is 0 Å². The van der Waals surface area contributed by atoms with Crippen LogP contribution in [0.25, 0.3) is 0 Å². The summed E-state index contributed by atoms with van der Waals surface area (Å²) in [6, 6.07) is 0. The predicted octanol–water partition coefficient (Wildman–Crippen LogP) is 3.96. The van der Waals surface area contributed by atoms with E-state index in [1.165, 1.54) is 25.7 Å². The molecule has 110 valence electrons. The molecule has 0 aliphatic heterocycles. The Bertz CT molecular complexity index is 468. The van der Waals surface area contributed by atoms with Crippen molar-refractivity contribution >= 4 is 5.97 Å². The molecule has 0 aromatic carbocycles. The Balaban J connectivity index is 1.62. The average Bonchev–Trinajstić information content (AvgIpc) is 3.15. The lowest BCUT2D eigenvalue weighted by molar-refractivity contribution is -0.167. The van der Waals surface area contributed by atoms with E-state index >= 15 is 0 Å². The van der Waals surface area contributed by atoms with Gasteiger partial charge in [-0.3, -0.25) is 0 Å². The predicted molar refractivity (Wildman–Crippen MR) is 78.0 cm³/mol. The third kappa shape index (κ3) is 1.48. The highest BCUT2D eigenvalue weighted by Crippen LogP contribution is 2.70. The summed E-state index contributed by atoms with van der Waals surface area (Å²) in [7, 11) is 0. The maximum absolute atomic E-state index is 12.1. The first-order valence-corrected chi connectivity index (χ1v) is 8.44. The van der Waals surface area contributed by atoms with Crippen LogP contribution in [0.2, 0.25) is 0 Å². The zero-order chi connectivity index (χ0) is 14.1. The van der Waals surface area contributed by atoms with E-state index in [1.807, 2.05) is 0 Å². The number of carbonyl (C=O) groups excluding carboxylic acids is 1. The van der Waals surface area contributed by atoms with Gasteiger partial charge in [-0.1, -0.05) is 13.5 Å². The van der Waals surface area contributed by atoms with Crippen molar-refractivity contribution in [3.63, 3.8) is 0 Å². The van der Waals surface area contributed by atoms with Gasteiger partial charge in [-0.15, -0.1) is 0 Å². The molecule has 0 spiro atoms. The lowest BCUT2D eigenvalue weighted by Gasteiger charge is -2.45. The van der Waals surface area contributed by atoms with E-state index in [1.54, 1.807) is 6.92 Å². The molecule has 2 unspecified atom stereocenters. The summed E-state index contributed by atoms with van der Waals surface area (Å²) >= 11 is 0. The fraction of sp³-hybridized carbons (Fsp3) is 0.833. The van der Waals surface area contributed by atoms with Crippen molar-refractivity contribution in [2.75, 3.05) is 0 Å². The molecule has 0 radical (unpaired) electrons. The smallest absolute Gasteiger partial charge is 0.333 e. The topological polar surface area (TPSA) is 26.3 Å². The summed E-state index contributed by atoms with van der Waals surface area (Å²) < 4.78 is 6.02. The molecule has 2 nitrogen and oxygen atoms in total. The van der Waals surface area contributed by atoms with Crippen LogP contribution in [0.3, 0.4) is 0 Å². The number of carbonyl (C=O) groups is 1. The highest BCUT2D eigenvalue weighted by atomic mass is 16.6. The average molecular weight is 274 g/mol. The van der Waals surface area contributed by atoms with Crippen LogP contribution in [0.1, 0.15) is 52.4 Å². The van der Waals surface area contributed by atoms with Gasteiger partial charge in [-0.25, -0.2) is 4.79 Å². The van der Waals surface area contributed by atoms with Gasteiger partial charge in [0, 0.05) is 11.5 Å². The van der Waals surface area contributed by atoms with Gasteiger partial charge >= 0.3 is 5.97 Å². The van der Waals surface area contributed by atoms with Gasteiger partial charge < -0.3 is 4.74 Å². The zero-order valence-electron chi connectivity index (χ0n) is 12.7. The minimum atomic E-state index is -0.167. The molecule has 0 aromatic rings. The van der Waals surface area contributed by atoms with Gasteiger partial charge in [-0.05, 0) is 75.0 Å². The first-order chi connectivity index (χ1) is 9.55. The molecule has 20 heavy (non-hydrogen) atoms. The standard InChI is InChI=1S/C18H26O2/c1-4-18(20-17(19)10(2)3)9-13-8-14(18)16-12-6-5-11(7-12)15(13)16/h11-16H,2,4-9H2,1,3H3/t11-,12+,13-,14+,15?,16?,18+/m1/s1. The number of esters is 1. The minimum absolute atomic E-state index is 0.160. The van der Waals surface area contributed by atoms with Crippen LogP contribution in [0.15, 0.2) is 12.2 Å². The van der Waals surface area contributed by atoms with Gasteiger partial charge in [-0.2, -0.15) is 0 Å². The molecule has 0 N–H and O–H groups in total. The maximum atomic E-state index is 12.1. The summed E-state index contributed by atoms with van der Waals surface area (Å²) in [5.74, 6) is 5.09. The Labute approximate surface area is 122 Å². The first kappa shape index (κ1) is 12.9. The van der Waals surface area contributed by atoms with Crippen molar-refractivity contribution in [2.45, 2.75) is 58.0 Å². The Morgan fingerprint density at radius 1 is 1.20 bits per heavy atom. The Morgan fingerprint density at radius 3 is 2.55 bits per heavy atom. The van der Waals surface area contributed by atoms with Crippen LogP contribution in [0.5, 0.6) is 0 Å². The van der Waals surface area contributed by atoms with Gasteiger partial charge in [0.2, 0.25) is 0 Å². The lowest BCUT2D eigenvalue weighted by Crippen LogP contribution is -2.47. The maximum Gasteiger partial charge on any atom is 0.333 e. The summed E-state index contributed by atoms with van der Waals surface area (Å²) in [5.41, 5.74) is 0.386. The SMILES string of the molecule is C=C(C)C(=O)O[C@@]1(CC)C[C@H]2C[C@H]1C1C2[C@@H]2CC[C@H]1C2. The lowest BCUT2D eigenvalue weighted by atomic mass is 9.65. The van der Waals surface area contributed by atoms with Crippen molar-refractivity contribution in [1.29, 1.82) is 0 Å². The Morgan fingerprint density at radius 2 is 1.90 bits per heavy atom. The fourth-order valence-corrected chi connectivity index (χ4v) is 6.56. The molecule has 2 heteroatoms. The first-order valence-electron chi connectivity index (χ1n) is 8.44. The summed E-state index contributed by atoms with van der Waals surface area (Å²) in [6.07, 6.45) is 7.80. The minimum Gasteiger partial charge on any atom is -0.455 e. The van der Waals surface area contributed by atoms with Crippen LogP contribution in [0.4, 0.5) is 0 Å². The van der Waals surface area contributed by atoms with Crippen LogP contribution in [-0.2, 0) is 9.53 Å². The van der Waals surface area contributed by atoms with Crippen molar-refractivity contribution in [1.82, 2.24) is 0 Å². The van der Waals surface area contributed by atoms with E-state index in [-0.39, 0.29) is 11.6 Å². The van der Waals surface area contributed by atoms with Crippen molar-refractivity contribution in [3.8, 4) is 0 Å². The number of hydrogen-bond acceptors (Lipinski definition) is 2. The molecular formula is C18H26O2. The zero-order valence-corrected chi connectivity index (χ0v) is 12.7. The molecule has 4 fully saturated rings. The Hall–Kier alpha value is -0.790. The summed E-state index contributed by atoms with van der Waals surface area (Å²) in [6.45, 7) is 7.72. The molecule has 4 rings (SSSR count). The Kier molecular flexibility index (Phi) is 2.66. The van der Waals surface area contributed by atoms with E-state index in [2.05, 4.69) is 13.5 Å². The van der Waals surface area contributed by atoms with Crippen LogP contribution in [-0.4, -0.2) is 11.6 Å². The molecule has 4 bridgehead atoms. The highest BCUT2D eigenvalue weighted by Gasteiger charge is 2.67. The second-order valence-electron chi connectivity index (χ2n) is 7.88. The monoisotopic (exact) mass is 274 g/mol. The third-order valence-electron chi connectivity index (χ3n) is 7.14. The summed E-state index contributed by atoms with van der Waals surface area (Å²) in [4.78, 5) is 12.1. The molecule has 0 saturated heterocycles.